The summed E-state index contributed by atoms with van der Waals surface area (Å²) in [5, 5.41) is 21.3. The summed E-state index contributed by atoms with van der Waals surface area (Å²) in [5.74, 6) is 1.27. The number of hydrogen-bond acceptors (Lipinski definition) is 6. The maximum atomic E-state index is 10.5. The van der Waals surface area contributed by atoms with Gasteiger partial charge in [-0.05, 0) is 30.5 Å². The molecule has 0 bridgehead atoms. The average molecular weight is 396 g/mol. The number of aromatic nitrogens is 1. The number of ether oxygens (including phenoxy) is 1. The van der Waals surface area contributed by atoms with E-state index in [0.29, 0.717) is 29.6 Å². The minimum absolute atomic E-state index is 0.00722. The number of aryl methyl sites for hydroxylation is 1. The number of amides is 1. The molecule has 0 spiro atoms. The molecule has 0 aliphatic carbocycles. The summed E-state index contributed by atoms with van der Waals surface area (Å²) in [6, 6.07) is 3.80. The summed E-state index contributed by atoms with van der Waals surface area (Å²) in [7, 11) is 0. The zero-order valence-electron chi connectivity index (χ0n) is 14.9. The smallest absolute Gasteiger partial charge is 0.404 e. The van der Waals surface area contributed by atoms with Gasteiger partial charge in [-0.1, -0.05) is 17.7 Å². The molecule has 1 aromatic carbocycles. The number of halogens is 1. The van der Waals surface area contributed by atoms with Crippen LogP contribution in [0.2, 0.25) is 5.02 Å². The molecule has 1 aliphatic rings. The second-order valence-corrected chi connectivity index (χ2v) is 6.87. The van der Waals surface area contributed by atoms with Crippen LogP contribution in [0.3, 0.4) is 0 Å². The number of aliphatic hydroxyl groups excluding tert-OH is 1. The van der Waals surface area contributed by atoms with E-state index < -0.39 is 12.2 Å². The Hall–Kier alpha value is -2.29. The molecular weight excluding hydrogens is 374 g/mol. The van der Waals surface area contributed by atoms with Crippen LogP contribution in [0.25, 0.3) is 0 Å². The van der Waals surface area contributed by atoms with E-state index in [9.17, 15) is 9.90 Å². The molecule has 1 aliphatic heterocycles. The lowest BCUT2D eigenvalue weighted by Gasteiger charge is -2.31. The lowest BCUT2D eigenvalue weighted by atomic mass is 9.99. The lowest BCUT2D eigenvalue weighted by molar-refractivity contribution is 0.102. The van der Waals surface area contributed by atoms with Gasteiger partial charge in [0.05, 0.1) is 16.8 Å². The van der Waals surface area contributed by atoms with Crippen LogP contribution in [-0.4, -0.2) is 51.9 Å². The number of fused-ring (bicyclic) bond motifs is 1. The predicted octanol–water partition coefficient (Wildman–Crippen LogP) is 2.20. The second kappa shape index (κ2) is 8.60. The number of nitrogens with one attached hydrogen (secondary N) is 1. The Labute approximate surface area is 161 Å². The third-order valence-corrected chi connectivity index (χ3v) is 4.95. The largest absolute Gasteiger partial charge is 0.484 e. The van der Waals surface area contributed by atoms with Crippen LogP contribution in [0.1, 0.15) is 22.6 Å². The molecule has 1 unspecified atom stereocenters. The Kier molecular flexibility index (Phi) is 6.20. The van der Waals surface area contributed by atoms with Gasteiger partial charge in [-0.25, -0.2) is 9.78 Å². The molecule has 2 aromatic rings. The normalized spacial score (nSPS) is 15.2. The first kappa shape index (κ1) is 19.5. The Bertz CT molecular complexity index is 810. The van der Waals surface area contributed by atoms with E-state index in [0.717, 1.165) is 29.8 Å². The van der Waals surface area contributed by atoms with Crippen LogP contribution in [0, 0.1) is 6.92 Å². The van der Waals surface area contributed by atoms with Gasteiger partial charge in [0, 0.05) is 26.2 Å². The maximum absolute atomic E-state index is 10.5. The van der Waals surface area contributed by atoms with Crippen LogP contribution in [0.15, 0.2) is 22.9 Å². The molecule has 146 valence electrons. The molecular formula is C18H22ClN3O5. The van der Waals surface area contributed by atoms with Gasteiger partial charge in [-0.2, -0.15) is 0 Å². The first-order valence-electron chi connectivity index (χ1n) is 8.63. The zero-order valence-corrected chi connectivity index (χ0v) is 15.7. The van der Waals surface area contributed by atoms with Crippen LogP contribution in [0.5, 0.6) is 5.75 Å². The topological polar surface area (TPSA) is 108 Å². The second-order valence-electron chi connectivity index (χ2n) is 6.49. The highest BCUT2D eigenvalue weighted by molar-refractivity contribution is 6.33. The van der Waals surface area contributed by atoms with Crippen molar-refractivity contribution in [3.63, 3.8) is 0 Å². The van der Waals surface area contributed by atoms with E-state index in [1.807, 2.05) is 19.1 Å². The number of β-amino-alcohol motifs (C(OH)–C–C–N with tert-alkyl or cyclic N) is 1. The van der Waals surface area contributed by atoms with Crippen molar-refractivity contribution in [1.82, 2.24) is 15.2 Å². The molecule has 0 fully saturated rings. The number of hydrogen-bond donors (Lipinski definition) is 3. The molecule has 0 radical (unpaired) electrons. The van der Waals surface area contributed by atoms with Crippen LogP contribution in [-0.2, 0) is 19.6 Å². The molecule has 27 heavy (non-hydrogen) atoms. The number of oxazole rings is 1. The van der Waals surface area contributed by atoms with Crippen molar-refractivity contribution >= 4 is 17.7 Å². The molecule has 0 saturated heterocycles. The highest BCUT2D eigenvalue weighted by Gasteiger charge is 2.22. The van der Waals surface area contributed by atoms with E-state index in [2.05, 4.69) is 15.2 Å². The van der Waals surface area contributed by atoms with Gasteiger partial charge in [-0.3, -0.25) is 4.90 Å². The maximum Gasteiger partial charge on any atom is 0.404 e. The van der Waals surface area contributed by atoms with Crippen LogP contribution in [0.4, 0.5) is 4.79 Å². The molecule has 2 heterocycles. The fourth-order valence-corrected chi connectivity index (χ4v) is 3.42. The van der Waals surface area contributed by atoms with Gasteiger partial charge in [-0.15, -0.1) is 0 Å². The third kappa shape index (κ3) is 4.91. The molecule has 0 saturated carbocycles. The van der Waals surface area contributed by atoms with E-state index >= 15 is 0 Å². The number of rotatable bonds is 7. The van der Waals surface area contributed by atoms with Crippen molar-refractivity contribution in [2.24, 2.45) is 0 Å². The average Bonchev–Trinajstić information content (AvgIpc) is 3.04. The van der Waals surface area contributed by atoms with Gasteiger partial charge in [0.25, 0.3) is 0 Å². The first-order valence-corrected chi connectivity index (χ1v) is 9.01. The van der Waals surface area contributed by atoms with Gasteiger partial charge < -0.3 is 24.7 Å². The molecule has 3 rings (SSSR count). The fraction of sp³-hybridized carbons (Fsp3) is 0.444. The lowest BCUT2D eigenvalue weighted by Crippen LogP contribution is -2.41. The minimum atomic E-state index is -1.14. The molecule has 1 aromatic heterocycles. The van der Waals surface area contributed by atoms with E-state index in [1.54, 1.807) is 0 Å². The number of benzene rings is 1. The summed E-state index contributed by atoms with van der Waals surface area (Å²) in [6.45, 7) is 3.88. The number of carbonyl (C=O) groups is 1. The quantitative estimate of drug-likeness (QED) is 0.659. The van der Waals surface area contributed by atoms with Gasteiger partial charge >= 0.3 is 6.09 Å². The van der Waals surface area contributed by atoms with Crippen molar-refractivity contribution in [3.8, 4) is 5.75 Å². The Morgan fingerprint density at radius 1 is 1.52 bits per heavy atom. The van der Waals surface area contributed by atoms with Crippen molar-refractivity contribution in [2.45, 2.75) is 32.6 Å². The summed E-state index contributed by atoms with van der Waals surface area (Å²) < 4.78 is 11.1. The van der Waals surface area contributed by atoms with E-state index in [1.165, 1.54) is 6.39 Å². The molecule has 9 heteroatoms. The van der Waals surface area contributed by atoms with E-state index in [4.69, 9.17) is 25.9 Å². The van der Waals surface area contributed by atoms with Crippen molar-refractivity contribution in [3.05, 3.63) is 46.1 Å². The van der Waals surface area contributed by atoms with Crippen molar-refractivity contribution in [2.75, 3.05) is 19.6 Å². The zero-order chi connectivity index (χ0) is 19.4. The SMILES string of the molecule is Cc1ncoc1COc1ccc2c(c1Cl)CCN(CC(O)CNC(=O)O)C2. The summed E-state index contributed by atoms with van der Waals surface area (Å²) in [6.07, 6.45) is 0.215. The Morgan fingerprint density at radius 3 is 3.04 bits per heavy atom. The Morgan fingerprint density at radius 2 is 2.33 bits per heavy atom. The molecule has 1 amide bonds. The summed E-state index contributed by atoms with van der Waals surface area (Å²) in [4.78, 5) is 16.6. The number of nitrogens with zero attached hydrogens (tertiary/aromatic N) is 2. The van der Waals surface area contributed by atoms with Gasteiger partial charge in [0.15, 0.2) is 12.2 Å². The standard InChI is InChI=1S/C18H22ClN3O5/c1-11-16(27-10-21-11)9-26-15-3-2-12-7-22(5-4-14(12)17(15)19)8-13(23)6-20-18(24)25/h2-3,10,13,20,23H,4-9H2,1H3,(H,24,25). The molecule has 3 N–H and O–H groups in total. The third-order valence-electron chi connectivity index (χ3n) is 4.54. The van der Waals surface area contributed by atoms with Crippen LogP contribution >= 0.6 is 11.6 Å². The number of aliphatic hydroxyl groups is 1. The van der Waals surface area contributed by atoms with Gasteiger partial charge in [0.2, 0.25) is 0 Å². The predicted molar refractivity (Wildman–Crippen MR) is 98.0 cm³/mol. The van der Waals surface area contributed by atoms with Crippen molar-refractivity contribution < 1.29 is 24.2 Å². The Balaban J connectivity index is 1.60. The van der Waals surface area contributed by atoms with Crippen LogP contribution < -0.4 is 10.1 Å². The summed E-state index contributed by atoms with van der Waals surface area (Å²) >= 11 is 6.53. The van der Waals surface area contributed by atoms with Crippen molar-refractivity contribution in [1.29, 1.82) is 0 Å². The number of carboxylic acid groups (broad SMARTS) is 1. The highest BCUT2D eigenvalue weighted by Crippen LogP contribution is 2.34. The summed E-state index contributed by atoms with van der Waals surface area (Å²) in [5.41, 5.74) is 2.90. The molecule has 8 nitrogen and oxygen atoms in total. The minimum Gasteiger partial charge on any atom is -0.484 e. The molecule has 1 atom stereocenters. The fourth-order valence-electron chi connectivity index (χ4n) is 3.09. The van der Waals surface area contributed by atoms with E-state index in [-0.39, 0.29) is 13.2 Å². The monoisotopic (exact) mass is 395 g/mol. The van der Waals surface area contributed by atoms with Gasteiger partial charge in [0.1, 0.15) is 12.4 Å². The first-order chi connectivity index (χ1) is 12.9. The highest BCUT2D eigenvalue weighted by atomic mass is 35.5.